The van der Waals surface area contributed by atoms with Crippen molar-refractivity contribution in [2.75, 3.05) is 13.1 Å². The molecule has 1 amide bonds. The van der Waals surface area contributed by atoms with Crippen LogP contribution >= 0.6 is 0 Å². The summed E-state index contributed by atoms with van der Waals surface area (Å²) in [5.74, 6) is -0.897. The van der Waals surface area contributed by atoms with Gasteiger partial charge in [0.25, 0.3) is 6.10 Å². The first-order valence-electron chi connectivity index (χ1n) is 11.0. The second-order valence-electron chi connectivity index (χ2n) is 9.17. The second kappa shape index (κ2) is 9.53. The lowest BCUT2D eigenvalue weighted by atomic mass is 9.66. The van der Waals surface area contributed by atoms with Crippen LogP contribution in [0.2, 0.25) is 0 Å². The van der Waals surface area contributed by atoms with Crippen LogP contribution in [0.3, 0.4) is 0 Å². The van der Waals surface area contributed by atoms with Crippen LogP contribution in [-0.2, 0) is 9.47 Å². The minimum atomic E-state index is -5.78. The Morgan fingerprint density at radius 2 is 1.33 bits per heavy atom. The summed E-state index contributed by atoms with van der Waals surface area (Å²) < 4.78 is 113. The van der Waals surface area contributed by atoms with E-state index in [9.17, 15) is 39.9 Å². The number of hydrogen-bond acceptors (Lipinski definition) is 3. The summed E-state index contributed by atoms with van der Waals surface area (Å²) in [5, 5.41) is 0. The summed E-state index contributed by atoms with van der Waals surface area (Å²) in [6, 6.07) is 11.2. The molecule has 4 rings (SSSR count). The van der Waals surface area contributed by atoms with E-state index in [0.717, 1.165) is 4.90 Å². The summed E-state index contributed by atoms with van der Waals surface area (Å²) in [6.07, 6.45) is -17.3. The van der Waals surface area contributed by atoms with Gasteiger partial charge in [-0.15, -0.1) is 0 Å². The molecule has 2 fully saturated rings. The Morgan fingerprint density at radius 3 is 1.78 bits per heavy atom. The third-order valence-electron chi connectivity index (χ3n) is 6.51. The molecule has 0 unspecified atom stereocenters. The van der Waals surface area contributed by atoms with Crippen molar-refractivity contribution in [3.63, 3.8) is 0 Å². The Bertz CT molecular complexity index is 1000. The fraction of sp³-hybridized carbons (Fsp3) is 0.458. The minimum Gasteiger partial charge on any atom is -0.426 e. The van der Waals surface area contributed by atoms with Gasteiger partial charge in [0, 0.05) is 13.1 Å². The summed E-state index contributed by atoms with van der Waals surface area (Å²) >= 11 is 0. The predicted octanol–water partition coefficient (Wildman–Crippen LogP) is 6.56. The zero-order chi connectivity index (χ0) is 26.3. The summed E-state index contributed by atoms with van der Waals surface area (Å²) in [4.78, 5) is 12.9. The lowest BCUT2D eigenvalue weighted by Gasteiger charge is -2.46. The highest BCUT2D eigenvalue weighted by atomic mass is 19.4. The highest BCUT2D eigenvalue weighted by Gasteiger charge is 2.61. The van der Waals surface area contributed by atoms with Crippen molar-refractivity contribution in [3.05, 3.63) is 71.3 Å². The molecular formula is C24H21F8NO3. The third kappa shape index (κ3) is 5.74. The lowest BCUT2D eigenvalue weighted by molar-refractivity contribution is -0.308. The van der Waals surface area contributed by atoms with Crippen molar-refractivity contribution in [1.29, 1.82) is 0 Å². The Kier molecular flexibility index (Phi) is 6.93. The Labute approximate surface area is 200 Å². The molecule has 0 radical (unpaired) electrons. The van der Waals surface area contributed by atoms with Gasteiger partial charge in [0.05, 0.1) is 6.10 Å². The van der Waals surface area contributed by atoms with Gasteiger partial charge in [-0.25, -0.2) is 13.6 Å². The van der Waals surface area contributed by atoms with E-state index in [1.165, 1.54) is 48.5 Å². The van der Waals surface area contributed by atoms with E-state index in [2.05, 4.69) is 4.74 Å². The molecule has 0 aromatic heterocycles. The van der Waals surface area contributed by atoms with E-state index in [0.29, 0.717) is 30.4 Å². The van der Waals surface area contributed by atoms with Gasteiger partial charge in [-0.05, 0) is 60.1 Å². The van der Waals surface area contributed by atoms with Crippen molar-refractivity contribution in [1.82, 2.24) is 4.90 Å². The first-order chi connectivity index (χ1) is 16.8. The van der Waals surface area contributed by atoms with Crippen LogP contribution < -0.4 is 0 Å². The van der Waals surface area contributed by atoms with Gasteiger partial charge in [-0.1, -0.05) is 24.3 Å². The topological polar surface area (TPSA) is 38.8 Å². The van der Waals surface area contributed by atoms with Gasteiger partial charge < -0.3 is 14.4 Å². The normalized spacial score (nSPS) is 22.4. The van der Waals surface area contributed by atoms with Crippen LogP contribution in [0.1, 0.15) is 36.5 Å². The van der Waals surface area contributed by atoms with E-state index < -0.39 is 47.7 Å². The van der Waals surface area contributed by atoms with Gasteiger partial charge in [-0.3, -0.25) is 0 Å². The number of hydrogen-bond donors (Lipinski definition) is 0. The quantitative estimate of drug-likeness (QED) is 0.417. The van der Waals surface area contributed by atoms with Crippen molar-refractivity contribution < 1.29 is 49.4 Å². The molecule has 1 saturated heterocycles. The van der Waals surface area contributed by atoms with E-state index in [4.69, 9.17) is 4.74 Å². The average molecular weight is 523 g/mol. The van der Waals surface area contributed by atoms with E-state index in [1.54, 1.807) is 0 Å². The molecule has 0 N–H and O–H groups in total. The molecule has 0 bridgehead atoms. The molecule has 1 spiro atoms. The Morgan fingerprint density at radius 1 is 0.861 bits per heavy atom. The number of benzene rings is 2. The fourth-order valence-corrected chi connectivity index (χ4v) is 4.74. The number of nitrogens with zero attached hydrogens (tertiary/aromatic N) is 1. The number of halogens is 8. The standard InChI is InChI=1S/C24H21F8NO3/c25-16-5-1-14(2-6-16)19(15-3-7-17(26)8-4-15)35-18-11-22(12-18)9-10-33(13-22)21(34)36-20(23(27,28)29)24(30,31)32/h1-8,18-20H,9-13H2. The first-order valence-corrected chi connectivity index (χ1v) is 11.0. The molecular weight excluding hydrogens is 502 g/mol. The zero-order valence-corrected chi connectivity index (χ0v) is 18.6. The van der Waals surface area contributed by atoms with Crippen molar-refractivity contribution >= 4 is 6.09 Å². The maximum Gasteiger partial charge on any atom is 0.434 e. The van der Waals surface area contributed by atoms with Crippen LogP contribution in [0.4, 0.5) is 39.9 Å². The molecule has 2 aliphatic rings. The predicted molar refractivity (Wildman–Crippen MR) is 110 cm³/mol. The molecule has 1 aliphatic carbocycles. The molecule has 2 aromatic carbocycles. The van der Waals surface area contributed by atoms with Crippen molar-refractivity contribution in [3.8, 4) is 0 Å². The number of carbonyl (C=O) groups excluding carboxylic acids is 1. The van der Waals surface area contributed by atoms with Crippen LogP contribution in [0, 0.1) is 17.0 Å². The zero-order valence-electron chi connectivity index (χ0n) is 18.6. The number of carbonyl (C=O) groups is 1. The second-order valence-corrected chi connectivity index (χ2v) is 9.17. The van der Waals surface area contributed by atoms with Crippen molar-refractivity contribution in [2.24, 2.45) is 5.41 Å². The number of likely N-dealkylation sites (tertiary alicyclic amines) is 1. The highest BCUT2D eigenvalue weighted by Crippen LogP contribution is 2.51. The Hall–Kier alpha value is -2.89. The van der Waals surface area contributed by atoms with E-state index in [-0.39, 0.29) is 19.2 Å². The molecule has 0 atom stereocenters. The summed E-state index contributed by atoms with van der Waals surface area (Å²) in [7, 11) is 0. The van der Waals surface area contributed by atoms with Gasteiger partial charge in [0.15, 0.2) is 0 Å². The molecule has 2 aromatic rings. The number of amides is 1. The largest absolute Gasteiger partial charge is 0.434 e. The Balaban J connectivity index is 1.39. The molecule has 1 saturated carbocycles. The molecule has 1 heterocycles. The number of ether oxygens (including phenoxy) is 2. The molecule has 4 nitrogen and oxygen atoms in total. The van der Waals surface area contributed by atoms with Crippen LogP contribution in [-0.4, -0.2) is 48.6 Å². The maximum atomic E-state index is 13.4. The van der Waals surface area contributed by atoms with Gasteiger partial charge in [-0.2, -0.15) is 26.3 Å². The average Bonchev–Trinajstić information content (AvgIpc) is 3.21. The van der Waals surface area contributed by atoms with Gasteiger partial charge in [0.1, 0.15) is 17.7 Å². The number of alkyl halides is 6. The molecule has 196 valence electrons. The fourth-order valence-electron chi connectivity index (χ4n) is 4.74. The highest BCUT2D eigenvalue weighted by molar-refractivity contribution is 5.68. The molecule has 1 aliphatic heterocycles. The SMILES string of the molecule is O=C(OC(C(F)(F)F)C(F)(F)F)N1CCC2(CC(OC(c3ccc(F)cc3)c3ccc(F)cc3)C2)C1. The van der Waals surface area contributed by atoms with Gasteiger partial charge in [0.2, 0.25) is 0 Å². The van der Waals surface area contributed by atoms with Gasteiger partial charge >= 0.3 is 18.4 Å². The first kappa shape index (κ1) is 26.2. The molecule has 36 heavy (non-hydrogen) atoms. The summed E-state index contributed by atoms with van der Waals surface area (Å²) in [5.41, 5.74) is 0.711. The summed E-state index contributed by atoms with van der Waals surface area (Å²) in [6.45, 7) is -0.112. The number of rotatable bonds is 5. The van der Waals surface area contributed by atoms with Crippen LogP contribution in [0.15, 0.2) is 48.5 Å². The monoisotopic (exact) mass is 523 g/mol. The van der Waals surface area contributed by atoms with E-state index >= 15 is 0 Å². The van der Waals surface area contributed by atoms with E-state index in [1.807, 2.05) is 0 Å². The lowest BCUT2D eigenvalue weighted by Crippen LogP contribution is -2.49. The maximum absolute atomic E-state index is 13.4. The van der Waals surface area contributed by atoms with Crippen molar-refractivity contribution in [2.45, 2.75) is 49.9 Å². The molecule has 12 heteroatoms. The van der Waals surface area contributed by atoms with Crippen LogP contribution in [0.25, 0.3) is 0 Å². The van der Waals surface area contributed by atoms with Crippen LogP contribution in [0.5, 0.6) is 0 Å². The third-order valence-corrected chi connectivity index (χ3v) is 6.51. The smallest absolute Gasteiger partial charge is 0.426 e. The minimum absolute atomic E-state index is 0.0483.